The molecule has 4 rings (SSSR count). The molecule has 0 atom stereocenters. The normalized spacial score (nSPS) is 11.1. The fourth-order valence-electron chi connectivity index (χ4n) is 3.32. The summed E-state index contributed by atoms with van der Waals surface area (Å²) in [5, 5.41) is 16.6. The number of benzene rings is 2. The van der Waals surface area contributed by atoms with Crippen molar-refractivity contribution in [1.29, 1.82) is 0 Å². The molecule has 0 saturated carbocycles. The number of carbonyl (C=O) groups is 1. The number of thiophene rings is 1. The van der Waals surface area contributed by atoms with Crippen LogP contribution in [0.5, 0.6) is 5.75 Å². The zero-order valence-electron chi connectivity index (χ0n) is 17.6. The maximum Gasteiger partial charge on any atom is 0.234 e. The number of anilines is 1. The summed E-state index contributed by atoms with van der Waals surface area (Å²) in [5.74, 6) is 0.726. The van der Waals surface area contributed by atoms with Crippen molar-refractivity contribution < 1.29 is 9.90 Å². The summed E-state index contributed by atoms with van der Waals surface area (Å²) < 4.78 is 0. The number of aryl methyl sites for hydroxylation is 3. The highest BCUT2D eigenvalue weighted by Gasteiger charge is 2.16. The van der Waals surface area contributed by atoms with Crippen molar-refractivity contribution in [2.75, 3.05) is 11.1 Å². The number of carbonyl (C=O) groups excluding carboxylic acids is 1. The number of thioether (sulfide) groups is 1. The minimum absolute atomic E-state index is 0.0554. The molecule has 0 unspecified atom stereocenters. The molecule has 0 spiro atoms. The predicted molar refractivity (Wildman–Crippen MR) is 129 cm³/mol. The summed E-state index contributed by atoms with van der Waals surface area (Å²) >= 11 is 2.97. The Labute approximate surface area is 189 Å². The van der Waals surface area contributed by atoms with Gasteiger partial charge in [0.2, 0.25) is 5.91 Å². The first kappa shape index (κ1) is 21.3. The van der Waals surface area contributed by atoms with E-state index >= 15 is 0 Å². The lowest BCUT2D eigenvalue weighted by atomic mass is 10.0. The van der Waals surface area contributed by atoms with E-state index in [1.54, 1.807) is 29.5 Å². The van der Waals surface area contributed by atoms with Crippen LogP contribution in [-0.2, 0) is 11.2 Å². The van der Waals surface area contributed by atoms with Gasteiger partial charge in [0, 0.05) is 10.9 Å². The number of phenolic OH excluding ortho intramolecular Hbond substituents is 1. The van der Waals surface area contributed by atoms with Crippen molar-refractivity contribution in [2.24, 2.45) is 0 Å². The van der Waals surface area contributed by atoms with Gasteiger partial charge in [0.25, 0.3) is 0 Å². The highest BCUT2D eigenvalue weighted by molar-refractivity contribution is 8.00. The summed E-state index contributed by atoms with van der Waals surface area (Å²) in [5.41, 5.74) is 4.88. The second-order valence-electron chi connectivity index (χ2n) is 7.31. The number of nitrogens with one attached hydrogen (secondary N) is 1. The fourth-order valence-corrected chi connectivity index (χ4v) is 5.26. The smallest absolute Gasteiger partial charge is 0.234 e. The van der Waals surface area contributed by atoms with Crippen molar-refractivity contribution in [3.05, 3.63) is 64.8 Å². The largest absolute Gasteiger partial charge is 0.506 e. The Morgan fingerprint density at radius 2 is 1.90 bits per heavy atom. The highest BCUT2D eigenvalue weighted by atomic mass is 32.2. The number of amides is 1. The fraction of sp³-hybridized carbons (Fsp3) is 0.208. The van der Waals surface area contributed by atoms with Crippen LogP contribution in [0, 0.1) is 13.8 Å². The van der Waals surface area contributed by atoms with Crippen LogP contribution in [0.25, 0.3) is 21.3 Å². The maximum absolute atomic E-state index is 12.6. The van der Waals surface area contributed by atoms with Crippen LogP contribution >= 0.6 is 23.1 Å². The van der Waals surface area contributed by atoms with Crippen molar-refractivity contribution in [3.8, 4) is 16.9 Å². The van der Waals surface area contributed by atoms with E-state index in [9.17, 15) is 9.90 Å². The molecule has 7 heteroatoms. The number of rotatable bonds is 6. The van der Waals surface area contributed by atoms with Crippen molar-refractivity contribution in [3.63, 3.8) is 0 Å². The zero-order valence-corrected chi connectivity index (χ0v) is 19.2. The summed E-state index contributed by atoms with van der Waals surface area (Å²) in [6.45, 7) is 5.92. The third-order valence-electron chi connectivity index (χ3n) is 4.95. The van der Waals surface area contributed by atoms with Gasteiger partial charge in [-0.15, -0.1) is 11.3 Å². The van der Waals surface area contributed by atoms with E-state index < -0.39 is 0 Å². The molecule has 2 heterocycles. The van der Waals surface area contributed by atoms with Crippen molar-refractivity contribution >= 4 is 44.9 Å². The number of hydrogen-bond donors (Lipinski definition) is 2. The number of nitrogens with zero attached hydrogens (tertiary/aromatic N) is 2. The first-order valence-electron chi connectivity index (χ1n) is 10.0. The van der Waals surface area contributed by atoms with Gasteiger partial charge in [0.05, 0.1) is 16.8 Å². The van der Waals surface area contributed by atoms with E-state index in [0.717, 1.165) is 38.4 Å². The average Bonchev–Trinajstić information content (AvgIpc) is 3.18. The molecule has 1 amide bonds. The molecular formula is C24H23N3O2S2. The number of fused-ring (bicyclic) bond motifs is 1. The standard InChI is InChI=1S/C24H23N3O2S2/c1-4-16-6-8-17(9-7-16)18-12-30-23-22(18)24(26-15(3)25-23)31-13-21(29)27-19-11-14(2)5-10-20(19)28/h5-12,28H,4,13H2,1-3H3,(H,27,29). The molecule has 0 aliphatic carbocycles. The van der Waals surface area contributed by atoms with Crippen molar-refractivity contribution in [1.82, 2.24) is 9.97 Å². The van der Waals surface area contributed by atoms with Gasteiger partial charge in [-0.1, -0.05) is 49.0 Å². The van der Waals surface area contributed by atoms with Gasteiger partial charge in [-0.05, 0) is 49.1 Å². The van der Waals surface area contributed by atoms with Crippen LogP contribution in [0.15, 0.2) is 52.9 Å². The number of aromatic nitrogens is 2. The molecule has 5 nitrogen and oxygen atoms in total. The van der Waals surface area contributed by atoms with Gasteiger partial charge < -0.3 is 10.4 Å². The Balaban J connectivity index is 1.60. The first-order chi connectivity index (χ1) is 14.9. The number of hydrogen-bond acceptors (Lipinski definition) is 6. The van der Waals surface area contributed by atoms with Gasteiger partial charge in [-0.2, -0.15) is 0 Å². The quantitative estimate of drug-likeness (QED) is 0.215. The Morgan fingerprint density at radius 3 is 2.65 bits per heavy atom. The minimum atomic E-state index is -0.195. The maximum atomic E-state index is 12.6. The molecule has 158 valence electrons. The van der Waals surface area contributed by atoms with Gasteiger partial charge in [-0.3, -0.25) is 4.79 Å². The van der Waals surface area contributed by atoms with Gasteiger partial charge >= 0.3 is 0 Å². The predicted octanol–water partition coefficient (Wildman–Crippen LogP) is 5.97. The molecule has 4 aromatic rings. The van der Waals surface area contributed by atoms with E-state index in [1.165, 1.54) is 17.3 Å². The molecule has 0 bridgehead atoms. The Hall–Kier alpha value is -2.90. The molecule has 0 aliphatic heterocycles. The van der Waals surface area contributed by atoms with Gasteiger partial charge in [0.1, 0.15) is 21.4 Å². The lowest BCUT2D eigenvalue weighted by Crippen LogP contribution is -2.14. The van der Waals surface area contributed by atoms with Crippen molar-refractivity contribution in [2.45, 2.75) is 32.2 Å². The first-order valence-corrected chi connectivity index (χ1v) is 11.9. The summed E-state index contributed by atoms with van der Waals surface area (Å²) in [6.07, 6.45) is 1.000. The molecule has 31 heavy (non-hydrogen) atoms. The summed E-state index contributed by atoms with van der Waals surface area (Å²) in [6, 6.07) is 13.7. The summed E-state index contributed by atoms with van der Waals surface area (Å²) in [7, 11) is 0. The third kappa shape index (κ3) is 4.73. The lowest BCUT2D eigenvalue weighted by Gasteiger charge is -2.09. The Bertz CT molecular complexity index is 1250. The van der Waals surface area contributed by atoms with E-state index in [0.29, 0.717) is 11.5 Å². The van der Waals surface area contributed by atoms with Crippen LogP contribution in [0.2, 0.25) is 0 Å². The van der Waals surface area contributed by atoms with E-state index in [4.69, 9.17) is 0 Å². The second kappa shape index (κ2) is 9.08. The zero-order chi connectivity index (χ0) is 22.0. The molecule has 2 N–H and O–H groups in total. The molecule has 0 fully saturated rings. The molecule has 0 radical (unpaired) electrons. The van der Waals surface area contributed by atoms with E-state index in [1.807, 2.05) is 13.8 Å². The number of phenols is 1. The molecule has 2 aromatic carbocycles. The Kier molecular flexibility index (Phi) is 6.25. The molecule has 0 saturated heterocycles. The molecule has 2 aromatic heterocycles. The monoisotopic (exact) mass is 449 g/mol. The minimum Gasteiger partial charge on any atom is -0.506 e. The SMILES string of the molecule is CCc1ccc(-c2csc3nc(C)nc(SCC(=O)Nc4cc(C)ccc4O)c23)cc1. The average molecular weight is 450 g/mol. The lowest BCUT2D eigenvalue weighted by molar-refractivity contribution is -0.113. The van der Waals surface area contributed by atoms with E-state index in [2.05, 4.69) is 51.9 Å². The van der Waals surface area contributed by atoms with E-state index in [-0.39, 0.29) is 17.4 Å². The Morgan fingerprint density at radius 1 is 1.13 bits per heavy atom. The van der Waals surface area contributed by atoms with Crippen LogP contribution in [0.4, 0.5) is 5.69 Å². The van der Waals surface area contributed by atoms with Crippen LogP contribution in [0.3, 0.4) is 0 Å². The van der Waals surface area contributed by atoms with Gasteiger partial charge in [-0.25, -0.2) is 9.97 Å². The summed E-state index contributed by atoms with van der Waals surface area (Å²) in [4.78, 5) is 22.7. The second-order valence-corrected chi connectivity index (χ2v) is 9.14. The number of aromatic hydroxyl groups is 1. The highest BCUT2D eigenvalue weighted by Crippen LogP contribution is 2.38. The third-order valence-corrected chi connectivity index (χ3v) is 6.80. The van der Waals surface area contributed by atoms with Gasteiger partial charge in [0.15, 0.2) is 0 Å². The van der Waals surface area contributed by atoms with Crippen LogP contribution in [-0.4, -0.2) is 26.7 Å². The molecular weight excluding hydrogens is 426 g/mol. The topological polar surface area (TPSA) is 75.1 Å². The van der Waals surface area contributed by atoms with Crippen LogP contribution in [0.1, 0.15) is 23.9 Å². The van der Waals surface area contributed by atoms with Crippen LogP contribution < -0.4 is 5.32 Å². The molecule has 0 aliphatic rings.